The SMILES string of the molecule is CC(C)N1CC2(COCC1=O)CN(C(=O)CCc1ccncc1)CCO2. The van der Waals surface area contributed by atoms with Crippen LogP contribution in [0, 0.1) is 0 Å². The van der Waals surface area contributed by atoms with E-state index in [0.29, 0.717) is 45.7 Å². The summed E-state index contributed by atoms with van der Waals surface area (Å²) in [7, 11) is 0. The molecule has 2 amide bonds. The number of nitrogens with zero attached hydrogens (tertiary/aromatic N) is 3. The van der Waals surface area contributed by atoms with Crippen molar-refractivity contribution in [1.82, 2.24) is 14.8 Å². The van der Waals surface area contributed by atoms with E-state index < -0.39 is 5.60 Å². The Balaban J connectivity index is 1.64. The van der Waals surface area contributed by atoms with Crippen LogP contribution in [0.2, 0.25) is 0 Å². The molecule has 0 radical (unpaired) electrons. The Kier molecular flexibility index (Phi) is 5.88. The van der Waals surface area contributed by atoms with Gasteiger partial charge in [0.05, 0.1) is 26.3 Å². The number of ether oxygens (including phenoxy) is 2. The smallest absolute Gasteiger partial charge is 0.248 e. The number of carbonyl (C=O) groups excluding carboxylic acids is 2. The molecule has 1 atom stereocenters. The van der Waals surface area contributed by atoms with E-state index in [1.807, 2.05) is 30.9 Å². The maximum Gasteiger partial charge on any atom is 0.248 e. The lowest BCUT2D eigenvalue weighted by Crippen LogP contribution is -2.60. The number of hydrogen-bond acceptors (Lipinski definition) is 5. The van der Waals surface area contributed by atoms with Crippen LogP contribution in [0.15, 0.2) is 24.5 Å². The molecule has 0 saturated carbocycles. The lowest BCUT2D eigenvalue weighted by Gasteiger charge is -2.44. The molecule has 0 aliphatic carbocycles. The zero-order valence-electron chi connectivity index (χ0n) is 15.5. The lowest BCUT2D eigenvalue weighted by atomic mass is 10.0. The minimum atomic E-state index is -0.638. The Morgan fingerprint density at radius 1 is 1.31 bits per heavy atom. The van der Waals surface area contributed by atoms with Crippen molar-refractivity contribution in [3.8, 4) is 0 Å². The quantitative estimate of drug-likeness (QED) is 0.796. The topological polar surface area (TPSA) is 72.0 Å². The van der Waals surface area contributed by atoms with Crippen LogP contribution in [0.5, 0.6) is 0 Å². The summed E-state index contributed by atoms with van der Waals surface area (Å²) in [4.78, 5) is 32.5. The summed E-state index contributed by atoms with van der Waals surface area (Å²) in [6, 6.07) is 3.93. The van der Waals surface area contributed by atoms with E-state index in [0.717, 1.165) is 5.56 Å². The summed E-state index contributed by atoms with van der Waals surface area (Å²) >= 11 is 0. The van der Waals surface area contributed by atoms with Crippen molar-refractivity contribution in [1.29, 1.82) is 0 Å². The summed E-state index contributed by atoms with van der Waals surface area (Å²) in [6.07, 6.45) is 4.63. The third-order valence-electron chi connectivity index (χ3n) is 4.97. The molecule has 2 saturated heterocycles. The van der Waals surface area contributed by atoms with Crippen LogP contribution in [0.25, 0.3) is 0 Å². The van der Waals surface area contributed by atoms with Crippen LogP contribution < -0.4 is 0 Å². The fourth-order valence-electron chi connectivity index (χ4n) is 3.52. The molecule has 0 aromatic carbocycles. The molecule has 3 heterocycles. The molecule has 142 valence electrons. The molecule has 2 aliphatic heterocycles. The molecule has 1 aromatic rings. The highest BCUT2D eigenvalue weighted by Crippen LogP contribution is 2.24. The molecular formula is C19H27N3O4. The maximum absolute atomic E-state index is 12.7. The van der Waals surface area contributed by atoms with Gasteiger partial charge in [-0.2, -0.15) is 0 Å². The number of carbonyl (C=O) groups is 2. The molecule has 7 nitrogen and oxygen atoms in total. The lowest BCUT2D eigenvalue weighted by molar-refractivity contribution is -0.162. The summed E-state index contributed by atoms with van der Waals surface area (Å²) in [5.74, 6) is 0.0813. The number of rotatable bonds is 4. The average molecular weight is 361 g/mol. The first kappa shape index (κ1) is 18.8. The molecule has 1 spiro atoms. The Morgan fingerprint density at radius 2 is 2.08 bits per heavy atom. The van der Waals surface area contributed by atoms with Crippen LogP contribution in [0.1, 0.15) is 25.8 Å². The van der Waals surface area contributed by atoms with E-state index >= 15 is 0 Å². The fourth-order valence-corrected chi connectivity index (χ4v) is 3.52. The van der Waals surface area contributed by atoms with Crippen molar-refractivity contribution in [2.45, 2.75) is 38.3 Å². The Morgan fingerprint density at radius 3 is 2.81 bits per heavy atom. The zero-order chi connectivity index (χ0) is 18.6. The summed E-state index contributed by atoms with van der Waals surface area (Å²) in [5, 5.41) is 0. The van der Waals surface area contributed by atoms with Gasteiger partial charge in [-0.3, -0.25) is 14.6 Å². The van der Waals surface area contributed by atoms with Gasteiger partial charge in [-0.1, -0.05) is 0 Å². The van der Waals surface area contributed by atoms with Gasteiger partial charge in [0.15, 0.2) is 0 Å². The third kappa shape index (κ3) is 4.40. The highest BCUT2D eigenvalue weighted by atomic mass is 16.5. The fraction of sp³-hybridized carbons (Fsp3) is 0.632. The second kappa shape index (κ2) is 8.14. The second-order valence-corrected chi connectivity index (χ2v) is 7.31. The molecule has 0 N–H and O–H groups in total. The van der Waals surface area contributed by atoms with Crippen molar-refractivity contribution in [2.24, 2.45) is 0 Å². The first-order valence-electron chi connectivity index (χ1n) is 9.17. The first-order chi connectivity index (χ1) is 12.5. The number of hydrogen-bond donors (Lipinski definition) is 0. The van der Waals surface area contributed by atoms with E-state index in [2.05, 4.69) is 4.98 Å². The standard InChI is InChI=1S/C19H27N3O4/c1-15(2)22-13-19(14-25-11-18(22)24)12-21(9-10-26-19)17(23)4-3-16-5-7-20-8-6-16/h5-8,15H,3-4,9-14H2,1-2H3. The highest BCUT2D eigenvalue weighted by molar-refractivity contribution is 5.78. The predicted molar refractivity (Wildman–Crippen MR) is 95.5 cm³/mol. The van der Waals surface area contributed by atoms with Gasteiger partial charge in [0.1, 0.15) is 12.2 Å². The van der Waals surface area contributed by atoms with E-state index in [1.165, 1.54) is 0 Å². The monoisotopic (exact) mass is 361 g/mol. The number of pyridine rings is 1. The number of morpholine rings is 1. The summed E-state index contributed by atoms with van der Waals surface area (Å²) < 4.78 is 11.6. The molecule has 2 aliphatic rings. The van der Waals surface area contributed by atoms with Crippen molar-refractivity contribution in [3.05, 3.63) is 30.1 Å². The number of aromatic nitrogens is 1. The maximum atomic E-state index is 12.7. The third-order valence-corrected chi connectivity index (χ3v) is 4.97. The summed E-state index contributed by atoms with van der Waals surface area (Å²) in [6.45, 7) is 6.32. The van der Waals surface area contributed by atoms with Gasteiger partial charge in [-0.15, -0.1) is 0 Å². The molecule has 7 heteroatoms. The Bertz CT molecular complexity index is 637. The number of amides is 2. The molecule has 0 bridgehead atoms. The normalized spacial score (nSPS) is 24.2. The van der Waals surface area contributed by atoms with Crippen molar-refractivity contribution in [2.75, 3.05) is 39.5 Å². The first-order valence-corrected chi connectivity index (χ1v) is 9.17. The predicted octanol–water partition coefficient (Wildman–Crippen LogP) is 0.879. The minimum absolute atomic E-state index is 0.0263. The second-order valence-electron chi connectivity index (χ2n) is 7.31. The van der Waals surface area contributed by atoms with Crippen LogP contribution in [-0.2, 0) is 25.5 Å². The van der Waals surface area contributed by atoms with Crippen LogP contribution in [-0.4, -0.2) is 77.7 Å². The highest BCUT2D eigenvalue weighted by Gasteiger charge is 2.43. The molecule has 2 fully saturated rings. The average Bonchev–Trinajstić information content (AvgIpc) is 2.80. The van der Waals surface area contributed by atoms with E-state index in [-0.39, 0.29) is 24.5 Å². The largest absolute Gasteiger partial charge is 0.368 e. The molecule has 1 unspecified atom stereocenters. The van der Waals surface area contributed by atoms with Crippen LogP contribution in [0.3, 0.4) is 0 Å². The van der Waals surface area contributed by atoms with Gasteiger partial charge in [0.2, 0.25) is 11.8 Å². The van der Waals surface area contributed by atoms with Gasteiger partial charge < -0.3 is 19.3 Å². The van der Waals surface area contributed by atoms with Crippen LogP contribution >= 0.6 is 0 Å². The minimum Gasteiger partial charge on any atom is -0.368 e. The van der Waals surface area contributed by atoms with Crippen molar-refractivity contribution < 1.29 is 19.1 Å². The van der Waals surface area contributed by atoms with Gasteiger partial charge >= 0.3 is 0 Å². The van der Waals surface area contributed by atoms with Crippen LogP contribution in [0.4, 0.5) is 0 Å². The van der Waals surface area contributed by atoms with E-state index in [4.69, 9.17) is 9.47 Å². The van der Waals surface area contributed by atoms with Crippen molar-refractivity contribution in [3.63, 3.8) is 0 Å². The van der Waals surface area contributed by atoms with E-state index in [1.54, 1.807) is 17.3 Å². The Labute approximate surface area is 154 Å². The molecular weight excluding hydrogens is 334 g/mol. The molecule has 26 heavy (non-hydrogen) atoms. The van der Waals surface area contributed by atoms with Gasteiger partial charge in [-0.25, -0.2) is 0 Å². The molecule has 1 aromatic heterocycles. The van der Waals surface area contributed by atoms with Gasteiger partial charge in [0, 0.05) is 31.4 Å². The number of aryl methyl sites for hydroxylation is 1. The van der Waals surface area contributed by atoms with Crippen molar-refractivity contribution >= 4 is 11.8 Å². The van der Waals surface area contributed by atoms with Gasteiger partial charge in [0.25, 0.3) is 0 Å². The van der Waals surface area contributed by atoms with E-state index in [9.17, 15) is 9.59 Å². The molecule has 3 rings (SSSR count). The Hall–Kier alpha value is -1.99. The zero-order valence-corrected chi connectivity index (χ0v) is 15.5. The summed E-state index contributed by atoms with van der Waals surface area (Å²) in [5.41, 5.74) is 0.465. The van der Waals surface area contributed by atoms with Gasteiger partial charge in [-0.05, 0) is 38.0 Å².